The van der Waals surface area contributed by atoms with Crippen LogP contribution in [-0.4, -0.2) is 59.2 Å². The highest BCUT2D eigenvalue weighted by Crippen LogP contribution is 2.38. The standard InChI is InChI=1S/C27H31FN4O4/c1-31-25-20(27(34)32-12-10-19(11-13-32)36-23-9-4-3-8-21(23)28)14-18(29-24(33)16-35-2)15-22(25)30-26(31)17-6-5-7-17/h3-4,8-9,14-15,17,19H,5-7,10-13,16H2,1-2H3,(H,29,33). The van der Waals surface area contributed by atoms with Crippen molar-refractivity contribution in [3.8, 4) is 5.75 Å². The smallest absolute Gasteiger partial charge is 0.256 e. The van der Waals surface area contributed by atoms with Crippen molar-refractivity contribution in [3.05, 3.63) is 53.6 Å². The number of benzene rings is 2. The molecular weight excluding hydrogens is 463 g/mol. The second kappa shape index (κ2) is 10.3. The van der Waals surface area contributed by atoms with Gasteiger partial charge in [0.15, 0.2) is 11.6 Å². The molecule has 0 unspecified atom stereocenters. The average molecular weight is 495 g/mol. The maximum Gasteiger partial charge on any atom is 0.256 e. The van der Waals surface area contributed by atoms with Crippen molar-refractivity contribution in [2.75, 3.05) is 32.1 Å². The first-order chi connectivity index (χ1) is 17.4. The maximum atomic E-state index is 14.0. The number of rotatable bonds is 7. The van der Waals surface area contributed by atoms with Gasteiger partial charge in [-0.3, -0.25) is 9.59 Å². The van der Waals surface area contributed by atoms with E-state index in [9.17, 15) is 14.0 Å². The number of methoxy groups -OCH3 is 1. The number of fused-ring (bicyclic) bond motifs is 1. The van der Waals surface area contributed by atoms with Crippen LogP contribution in [0.3, 0.4) is 0 Å². The summed E-state index contributed by atoms with van der Waals surface area (Å²) in [5.41, 5.74) is 2.49. The summed E-state index contributed by atoms with van der Waals surface area (Å²) >= 11 is 0. The zero-order valence-corrected chi connectivity index (χ0v) is 20.6. The van der Waals surface area contributed by atoms with Crippen LogP contribution in [0.1, 0.15) is 54.2 Å². The molecule has 0 spiro atoms. The number of anilines is 1. The summed E-state index contributed by atoms with van der Waals surface area (Å²) in [6.07, 6.45) is 4.41. The van der Waals surface area contributed by atoms with E-state index in [1.54, 1.807) is 29.2 Å². The van der Waals surface area contributed by atoms with Gasteiger partial charge in [0.25, 0.3) is 5.91 Å². The minimum atomic E-state index is -0.385. The molecule has 9 heteroatoms. The molecule has 1 aliphatic heterocycles. The first kappa shape index (κ1) is 24.2. The van der Waals surface area contributed by atoms with Gasteiger partial charge in [-0.2, -0.15) is 0 Å². The molecule has 36 heavy (non-hydrogen) atoms. The monoisotopic (exact) mass is 494 g/mol. The Morgan fingerprint density at radius 2 is 1.89 bits per heavy atom. The molecule has 2 amide bonds. The number of likely N-dealkylation sites (tertiary alicyclic amines) is 1. The summed E-state index contributed by atoms with van der Waals surface area (Å²) in [7, 11) is 3.41. The molecule has 190 valence electrons. The molecular formula is C27H31FN4O4. The lowest BCUT2D eigenvalue weighted by molar-refractivity contribution is -0.119. The Morgan fingerprint density at radius 3 is 2.56 bits per heavy atom. The predicted octanol–water partition coefficient (Wildman–Crippen LogP) is 4.25. The van der Waals surface area contributed by atoms with Gasteiger partial charge in [0.2, 0.25) is 5.91 Å². The highest BCUT2D eigenvalue weighted by molar-refractivity contribution is 6.07. The van der Waals surface area contributed by atoms with Crippen molar-refractivity contribution in [1.82, 2.24) is 14.5 Å². The molecule has 0 radical (unpaired) electrons. The molecule has 2 fully saturated rings. The van der Waals surface area contributed by atoms with Crippen molar-refractivity contribution in [3.63, 3.8) is 0 Å². The largest absolute Gasteiger partial charge is 0.487 e. The Balaban J connectivity index is 1.39. The van der Waals surface area contributed by atoms with Crippen molar-refractivity contribution >= 4 is 28.5 Å². The zero-order valence-electron chi connectivity index (χ0n) is 20.6. The quantitative estimate of drug-likeness (QED) is 0.531. The van der Waals surface area contributed by atoms with E-state index in [1.807, 2.05) is 17.7 Å². The number of amides is 2. The molecule has 1 aliphatic carbocycles. The number of imidazole rings is 1. The topological polar surface area (TPSA) is 85.7 Å². The molecule has 1 N–H and O–H groups in total. The normalized spacial score (nSPS) is 16.7. The van der Waals surface area contributed by atoms with Gasteiger partial charge in [-0.15, -0.1) is 0 Å². The van der Waals surface area contributed by atoms with Gasteiger partial charge in [-0.1, -0.05) is 18.6 Å². The Bertz CT molecular complexity index is 1280. The van der Waals surface area contributed by atoms with Crippen molar-refractivity contribution in [2.45, 2.75) is 44.1 Å². The van der Waals surface area contributed by atoms with Gasteiger partial charge in [0.1, 0.15) is 18.5 Å². The summed E-state index contributed by atoms with van der Waals surface area (Å²) in [6, 6.07) is 9.92. The molecule has 1 aromatic heterocycles. The molecule has 2 heterocycles. The first-order valence-electron chi connectivity index (χ1n) is 12.4. The van der Waals surface area contributed by atoms with Crippen molar-refractivity contribution in [1.29, 1.82) is 0 Å². The zero-order chi connectivity index (χ0) is 25.2. The third kappa shape index (κ3) is 4.80. The number of nitrogens with one attached hydrogen (secondary N) is 1. The molecule has 1 saturated carbocycles. The maximum absolute atomic E-state index is 14.0. The highest BCUT2D eigenvalue weighted by atomic mass is 19.1. The minimum Gasteiger partial charge on any atom is -0.487 e. The van der Waals surface area contributed by atoms with Crippen LogP contribution >= 0.6 is 0 Å². The molecule has 0 bridgehead atoms. The fourth-order valence-electron chi connectivity index (χ4n) is 5.03. The van der Waals surface area contributed by atoms with Gasteiger partial charge >= 0.3 is 0 Å². The Hall–Kier alpha value is -3.46. The number of nitrogens with zero attached hydrogens (tertiary/aromatic N) is 3. The number of halogens is 1. The fourth-order valence-corrected chi connectivity index (χ4v) is 5.03. The van der Waals surface area contributed by atoms with Crippen molar-refractivity contribution in [2.24, 2.45) is 7.05 Å². The number of hydrogen-bond acceptors (Lipinski definition) is 5. The first-order valence-corrected chi connectivity index (χ1v) is 12.4. The van der Waals surface area contributed by atoms with Crippen LogP contribution in [0.2, 0.25) is 0 Å². The predicted molar refractivity (Wildman–Crippen MR) is 134 cm³/mol. The van der Waals surface area contributed by atoms with Crippen LogP contribution in [0.15, 0.2) is 36.4 Å². The molecule has 2 aromatic carbocycles. The van der Waals surface area contributed by atoms with Crippen LogP contribution in [0, 0.1) is 5.82 Å². The minimum absolute atomic E-state index is 0.0770. The fraction of sp³-hybridized carbons (Fsp3) is 0.444. The molecule has 0 atom stereocenters. The third-order valence-electron chi connectivity index (χ3n) is 7.12. The summed E-state index contributed by atoms with van der Waals surface area (Å²) in [6.45, 7) is 0.909. The second-order valence-corrected chi connectivity index (χ2v) is 9.57. The number of hydrogen-bond donors (Lipinski definition) is 1. The number of carbonyl (C=O) groups excluding carboxylic acids is 2. The summed E-state index contributed by atoms with van der Waals surface area (Å²) in [5.74, 6) is 0.809. The third-order valence-corrected chi connectivity index (χ3v) is 7.12. The number of carbonyl (C=O) groups is 2. The number of ether oxygens (including phenoxy) is 2. The lowest BCUT2D eigenvalue weighted by Crippen LogP contribution is -2.42. The van der Waals surface area contributed by atoms with E-state index in [2.05, 4.69) is 5.32 Å². The highest BCUT2D eigenvalue weighted by Gasteiger charge is 2.30. The van der Waals surface area contributed by atoms with E-state index in [1.165, 1.54) is 19.6 Å². The summed E-state index contributed by atoms with van der Waals surface area (Å²) in [4.78, 5) is 32.6. The van der Waals surface area contributed by atoms with E-state index in [4.69, 9.17) is 14.5 Å². The van der Waals surface area contributed by atoms with E-state index in [0.29, 0.717) is 48.6 Å². The Morgan fingerprint density at radius 1 is 1.14 bits per heavy atom. The van der Waals surface area contributed by atoms with Crippen LogP contribution in [0.5, 0.6) is 5.75 Å². The Kier molecular flexibility index (Phi) is 6.91. The molecule has 2 aliphatic rings. The van der Waals surface area contributed by atoms with E-state index in [0.717, 1.165) is 24.2 Å². The number of piperidine rings is 1. The molecule has 1 saturated heterocycles. The van der Waals surface area contributed by atoms with Crippen LogP contribution in [0.4, 0.5) is 10.1 Å². The molecule has 3 aromatic rings. The van der Waals surface area contributed by atoms with Gasteiger partial charge in [-0.25, -0.2) is 9.37 Å². The lowest BCUT2D eigenvalue weighted by atomic mass is 9.85. The number of aryl methyl sites for hydroxylation is 1. The summed E-state index contributed by atoms with van der Waals surface area (Å²) < 4.78 is 26.8. The van der Waals surface area contributed by atoms with Gasteiger partial charge in [-0.05, 0) is 37.1 Å². The average Bonchev–Trinajstić information content (AvgIpc) is 3.15. The molecule has 8 nitrogen and oxygen atoms in total. The number of para-hydroxylation sites is 1. The van der Waals surface area contributed by atoms with Crippen LogP contribution < -0.4 is 10.1 Å². The van der Waals surface area contributed by atoms with E-state index < -0.39 is 0 Å². The van der Waals surface area contributed by atoms with Crippen LogP contribution in [0.25, 0.3) is 11.0 Å². The van der Waals surface area contributed by atoms with E-state index in [-0.39, 0.29) is 36.1 Å². The van der Waals surface area contributed by atoms with Gasteiger partial charge in [0.05, 0.1) is 16.6 Å². The van der Waals surface area contributed by atoms with Gasteiger partial charge < -0.3 is 24.3 Å². The SMILES string of the molecule is COCC(=O)Nc1cc(C(=O)N2CCC(Oc3ccccc3F)CC2)c2c(c1)nc(C1CCC1)n2C. The van der Waals surface area contributed by atoms with Crippen molar-refractivity contribution < 1.29 is 23.5 Å². The Labute approximate surface area is 209 Å². The summed E-state index contributed by atoms with van der Waals surface area (Å²) in [5, 5.41) is 2.82. The second-order valence-electron chi connectivity index (χ2n) is 9.57. The lowest BCUT2D eigenvalue weighted by Gasteiger charge is -2.32. The van der Waals surface area contributed by atoms with Gasteiger partial charge in [0, 0.05) is 51.7 Å². The van der Waals surface area contributed by atoms with Crippen LogP contribution in [-0.2, 0) is 16.6 Å². The molecule has 5 rings (SSSR count). The van der Waals surface area contributed by atoms with E-state index >= 15 is 0 Å². The number of aromatic nitrogens is 2.